The third kappa shape index (κ3) is 5.73. The summed E-state index contributed by atoms with van der Waals surface area (Å²) in [6, 6.07) is 18.1. The number of methoxy groups -OCH3 is 1. The number of hydrogen-bond acceptors (Lipinski definition) is 3. The molecule has 1 aliphatic heterocycles. The first kappa shape index (κ1) is 18.7. The quantitative estimate of drug-likeness (QED) is 0.592. The van der Waals surface area contributed by atoms with E-state index in [1.165, 1.54) is 10.5 Å². The lowest BCUT2D eigenvalue weighted by Gasteiger charge is -2.30. The van der Waals surface area contributed by atoms with Gasteiger partial charge in [0.05, 0.1) is 7.11 Å². The van der Waals surface area contributed by atoms with Gasteiger partial charge in [-0.25, -0.2) is 0 Å². The fraction of sp³-hybridized carbons (Fsp3) is 0.429. The molecule has 0 amide bonds. The molecule has 0 unspecified atom stereocenters. The van der Waals surface area contributed by atoms with E-state index in [2.05, 4.69) is 30.3 Å². The van der Waals surface area contributed by atoms with Crippen molar-refractivity contribution in [3.8, 4) is 11.5 Å². The number of benzene rings is 2. The largest absolute Gasteiger partial charge is 0.497 e. The van der Waals surface area contributed by atoms with Gasteiger partial charge in [0.1, 0.15) is 63.5 Å². The minimum absolute atomic E-state index is 0.330. The van der Waals surface area contributed by atoms with E-state index in [1.54, 1.807) is 12.0 Å². The van der Waals surface area contributed by atoms with Crippen molar-refractivity contribution in [1.29, 1.82) is 0 Å². The Morgan fingerprint density at radius 3 is 2.15 bits per heavy atom. The van der Waals surface area contributed by atoms with E-state index < -0.39 is 6.10 Å². The number of rotatable bonds is 8. The molecule has 2 aromatic carbocycles. The van der Waals surface area contributed by atoms with Gasteiger partial charge in [-0.1, -0.05) is 30.3 Å². The van der Waals surface area contributed by atoms with Crippen LogP contribution in [0.2, 0.25) is 0 Å². The standard InChI is InChI=1S/C21H28N2O3/c1-25-20-7-9-21(10-8-20)26-17-19(24)16-23-13-11-22(12-14-23)15-18-5-3-2-4-6-18/h2-10,19,24H,11-17H2,1H3/p+2/t19-/m0/s1. The molecule has 2 aromatic rings. The number of nitrogens with one attached hydrogen (secondary N) is 2. The predicted molar refractivity (Wildman–Crippen MR) is 101 cm³/mol. The number of piperazine rings is 1. The third-order valence-corrected chi connectivity index (χ3v) is 4.99. The van der Waals surface area contributed by atoms with Crippen molar-refractivity contribution in [2.24, 2.45) is 0 Å². The number of hydrogen-bond donors (Lipinski definition) is 3. The van der Waals surface area contributed by atoms with Crippen molar-refractivity contribution in [2.45, 2.75) is 12.6 Å². The molecular formula is C21H30N2O3+2. The lowest BCUT2D eigenvalue weighted by molar-refractivity contribution is -1.02. The lowest BCUT2D eigenvalue weighted by atomic mass is 10.2. The highest BCUT2D eigenvalue weighted by atomic mass is 16.5. The maximum atomic E-state index is 10.3. The Morgan fingerprint density at radius 1 is 0.885 bits per heavy atom. The highest BCUT2D eigenvalue weighted by Crippen LogP contribution is 2.16. The molecule has 1 saturated heterocycles. The van der Waals surface area contributed by atoms with Gasteiger partial charge >= 0.3 is 0 Å². The van der Waals surface area contributed by atoms with Gasteiger partial charge in [-0.2, -0.15) is 0 Å². The van der Waals surface area contributed by atoms with Crippen LogP contribution in [0.3, 0.4) is 0 Å². The zero-order valence-electron chi connectivity index (χ0n) is 15.5. The highest BCUT2D eigenvalue weighted by molar-refractivity contribution is 5.31. The second-order valence-corrected chi connectivity index (χ2v) is 7.01. The number of ether oxygens (including phenoxy) is 2. The molecule has 5 nitrogen and oxygen atoms in total. The predicted octanol–water partition coefficient (Wildman–Crippen LogP) is -0.581. The van der Waals surface area contributed by atoms with Crippen LogP contribution < -0.4 is 19.3 Å². The topological polar surface area (TPSA) is 47.6 Å². The fourth-order valence-electron chi connectivity index (χ4n) is 3.48. The molecule has 0 radical (unpaired) electrons. The van der Waals surface area contributed by atoms with Crippen molar-refractivity contribution in [2.75, 3.05) is 46.4 Å². The number of quaternary nitrogens is 2. The van der Waals surface area contributed by atoms with E-state index in [9.17, 15) is 5.11 Å². The van der Waals surface area contributed by atoms with E-state index in [1.807, 2.05) is 24.3 Å². The van der Waals surface area contributed by atoms with Crippen LogP contribution in [0.15, 0.2) is 54.6 Å². The summed E-state index contributed by atoms with van der Waals surface area (Å²) in [5.74, 6) is 1.56. The first-order valence-corrected chi connectivity index (χ1v) is 9.39. The molecule has 0 aromatic heterocycles. The van der Waals surface area contributed by atoms with Gasteiger partial charge in [0.15, 0.2) is 0 Å². The smallest absolute Gasteiger partial charge is 0.137 e. The Balaban J connectivity index is 1.35. The Morgan fingerprint density at radius 2 is 1.50 bits per heavy atom. The Bertz CT molecular complexity index is 640. The normalized spacial score (nSPS) is 21.2. The summed E-state index contributed by atoms with van der Waals surface area (Å²) in [4.78, 5) is 3.09. The van der Waals surface area contributed by atoms with Crippen LogP contribution in [0.5, 0.6) is 11.5 Å². The Hall–Kier alpha value is -2.08. The maximum Gasteiger partial charge on any atom is 0.137 e. The molecule has 140 valence electrons. The average molecular weight is 358 g/mol. The molecular weight excluding hydrogens is 328 g/mol. The Labute approximate surface area is 155 Å². The molecule has 0 bridgehead atoms. The summed E-state index contributed by atoms with van der Waals surface area (Å²) >= 11 is 0. The summed E-state index contributed by atoms with van der Waals surface area (Å²) in [6.45, 7) is 6.67. The molecule has 1 aliphatic rings. The monoisotopic (exact) mass is 358 g/mol. The average Bonchev–Trinajstić information content (AvgIpc) is 2.69. The number of aliphatic hydroxyl groups is 1. The first-order valence-electron chi connectivity index (χ1n) is 9.39. The zero-order valence-corrected chi connectivity index (χ0v) is 15.5. The number of aliphatic hydroxyl groups excluding tert-OH is 1. The van der Waals surface area contributed by atoms with Crippen LogP contribution in [-0.2, 0) is 6.54 Å². The van der Waals surface area contributed by atoms with Crippen molar-refractivity contribution in [3.05, 3.63) is 60.2 Å². The summed E-state index contributed by atoms with van der Waals surface area (Å²) in [7, 11) is 1.64. The summed E-state index contributed by atoms with van der Waals surface area (Å²) in [5, 5.41) is 10.3. The van der Waals surface area contributed by atoms with Gasteiger partial charge in [-0.15, -0.1) is 0 Å². The SMILES string of the molecule is COc1ccc(OC[C@@H](O)C[NH+]2CC[NH+](Cc3ccccc3)CC2)cc1. The van der Waals surface area contributed by atoms with Crippen LogP contribution in [0.4, 0.5) is 0 Å². The summed E-state index contributed by atoms with van der Waals surface area (Å²) < 4.78 is 10.8. The van der Waals surface area contributed by atoms with Gasteiger partial charge in [-0.05, 0) is 24.3 Å². The first-order chi connectivity index (χ1) is 12.7. The van der Waals surface area contributed by atoms with Crippen molar-refractivity contribution in [1.82, 2.24) is 0 Å². The van der Waals surface area contributed by atoms with Crippen LogP contribution in [0.1, 0.15) is 5.56 Å². The van der Waals surface area contributed by atoms with Crippen LogP contribution >= 0.6 is 0 Å². The van der Waals surface area contributed by atoms with Crippen molar-refractivity contribution in [3.63, 3.8) is 0 Å². The molecule has 1 heterocycles. The van der Waals surface area contributed by atoms with Gasteiger partial charge < -0.3 is 24.4 Å². The Kier molecular flexibility index (Phi) is 6.89. The van der Waals surface area contributed by atoms with Crippen LogP contribution in [-0.4, -0.2) is 57.7 Å². The van der Waals surface area contributed by atoms with Gasteiger partial charge in [0.25, 0.3) is 0 Å². The minimum atomic E-state index is -0.442. The molecule has 0 spiro atoms. The van der Waals surface area contributed by atoms with Crippen LogP contribution in [0, 0.1) is 0 Å². The lowest BCUT2D eigenvalue weighted by Crippen LogP contribution is -3.28. The zero-order chi connectivity index (χ0) is 18.2. The summed E-state index contributed by atoms with van der Waals surface area (Å²) in [6.07, 6.45) is -0.442. The van der Waals surface area contributed by atoms with E-state index in [4.69, 9.17) is 9.47 Å². The van der Waals surface area contributed by atoms with Crippen molar-refractivity contribution < 1.29 is 24.4 Å². The van der Waals surface area contributed by atoms with Gasteiger partial charge in [0, 0.05) is 5.56 Å². The van der Waals surface area contributed by atoms with E-state index in [0.717, 1.165) is 50.8 Å². The van der Waals surface area contributed by atoms with E-state index in [0.29, 0.717) is 6.61 Å². The molecule has 5 heteroatoms. The van der Waals surface area contributed by atoms with Crippen LogP contribution in [0.25, 0.3) is 0 Å². The van der Waals surface area contributed by atoms with E-state index in [-0.39, 0.29) is 0 Å². The third-order valence-electron chi connectivity index (χ3n) is 4.99. The highest BCUT2D eigenvalue weighted by Gasteiger charge is 2.25. The minimum Gasteiger partial charge on any atom is -0.497 e. The van der Waals surface area contributed by atoms with Gasteiger partial charge in [-0.3, -0.25) is 0 Å². The fourth-order valence-corrected chi connectivity index (χ4v) is 3.48. The second-order valence-electron chi connectivity index (χ2n) is 7.01. The van der Waals surface area contributed by atoms with Gasteiger partial charge in [0.2, 0.25) is 0 Å². The molecule has 1 atom stereocenters. The molecule has 3 rings (SSSR count). The molecule has 0 aliphatic carbocycles. The van der Waals surface area contributed by atoms with Crippen molar-refractivity contribution >= 4 is 0 Å². The second kappa shape index (κ2) is 9.57. The van der Waals surface area contributed by atoms with E-state index >= 15 is 0 Å². The molecule has 26 heavy (non-hydrogen) atoms. The summed E-state index contributed by atoms with van der Waals surface area (Å²) in [5.41, 5.74) is 1.40. The molecule has 1 fully saturated rings. The molecule has 0 saturated carbocycles. The maximum absolute atomic E-state index is 10.3. The molecule has 3 N–H and O–H groups in total.